The number of anilines is 1. The lowest BCUT2D eigenvalue weighted by molar-refractivity contribution is 0.449. The molecule has 1 saturated carbocycles. The number of phenolic OH excluding ortho intramolecular Hbond substituents is 1. The van der Waals surface area contributed by atoms with Gasteiger partial charge in [-0.05, 0) is 59.5 Å². The molecule has 3 heteroatoms. The molecule has 2 aromatic carbocycles. The second kappa shape index (κ2) is 10.6. The zero-order valence-electron chi connectivity index (χ0n) is 25.7. The number of aromatic hydroxyl groups is 1. The lowest BCUT2D eigenvalue weighted by Crippen LogP contribution is -2.54. The second-order valence-corrected chi connectivity index (χ2v) is 18.7. The van der Waals surface area contributed by atoms with Gasteiger partial charge in [0, 0.05) is 30.1 Å². The predicted octanol–water partition coefficient (Wildman–Crippen LogP) is 8.91. The first-order valence-corrected chi connectivity index (χ1v) is 18.1. The molecule has 1 N–H and O–H groups in total. The van der Waals surface area contributed by atoms with Crippen molar-refractivity contribution < 1.29 is 5.11 Å². The van der Waals surface area contributed by atoms with Crippen LogP contribution in [0.1, 0.15) is 89.0 Å². The van der Waals surface area contributed by atoms with Crippen LogP contribution in [0.3, 0.4) is 0 Å². The van der Waals surface area contributed by atoms with Crippen LogP contribution in [-0.4, -0.2) is 25.8 Å². The molecule has 2 aliphatic carbocycles. The lowest BCUT2D eigenvalue weighted by Gasteiger charge is -2.43. The molecule has 1 fully saturated rings. The van der Waals surface area contributed by atoms with Gasteiger partial charge in [0.25, 0.3) is 0 Å². The Balaban J connectivity index is 1.74. The van der Waals surface area contributed by atoms with Gasteiger partial charge in [0.2, 0.25) is 0 Å². The minimum Gasteiger partial charge on any atom is -0.508 e. The molecule has 0 spiro atoms. The highest BCUT2D eigenvalue weighted by molar-refractivity contribution is 6.93. The van der Waals surface area contributed by atoms with E-state index in [4.69, 9.17) is 0 Å². The summed E-state index contributed by atoms with van der Waals surface area (Å²) in [6.07, 6.45) is 13.5. The van der Waals surface area contributed by atoms with Gasteiger partial charge >= 0.3 is 0 Å². The summed E-state index contributed by atoms with van der Waals surface area (Å²) in [4.78, 5) is 2.82. The van der Waals surface area contributed by atoms with Crippen molar-refractivity contribution in [2.24, 2.45) is 11.8 Å². The number of unbranched alkanes of at least 4 members (excludes halogenated alkanes) is 2. The van der Waals surface area contributed by atoms with Gasteiger partial charge in [-0.3, -0.25) is 0 Å². The van der Waals surface area contributed by atoms with Crippen molar-refractivity contribution in [3.8, 4) is 5.75 Å². The molecule has 0 saturated heterocycles. The first-order chi connectivity index (χ1) is 18.6. The van der Waals surface area contributed by atoms with Crippen molar-refractivity contribution in [1.82, 2.24) is 0 Å². The average molecular weight is 542 g/mol. The van der Waals surface area contributed by atoms with Crippen LogP contribution in [0.25, 0.3) is 0 Å². The van der Waals surface area contributed by atoms with Crippen molar-refractivity contribution >= 4 is 18.9 Å². The number of aryl methyl sites for hydroxylation is 2. The van der Waals surface area contributed by atoms with Crippen LogP contribution in [0.5, 0.6) is 5.75 Å². The molecule has 1 heterocycles. The fourth-order valence-corrected chi connectivity index (χ4v) is 14.5. The topological polar surface area (TPSA) is 23.5 Å². The highest BCUT2D eigenvalue weighted by atomic mass is 28.3. The van der Waals surface area contributed by atoms with Crippen molar-refractivity contribution in [2.45, 2.75) is 110 Å². The molecule has 0 radical (unpaired) electrons. The summed E-state index contributed by atoms with van der Waals surface area (Å²) < 4.78 is 0. The van der Waals surface area contributed by atoms with E-state index in [-0.39, 0.29) is 5.41 Å². The zero-order valence-corrected chi connectivity index (χ0v) is 26.7. The molecule has 0 aromatic heterocycles. The molecule has 5 unspecified atom stereocenters. The quantitative estimate of drug-likeness (QED) is 0.266. The molecule has 210 valence electrons. The van der Waals surface area contributed by atoms with Crippen molar-refractivity contribution in [3.05, 3.63) is 76.9 Å². The number of hydrogen-bond acceptors (Lipinski definition) is 2. The van der Waals surface area contributed by atoms with Gasteiger partial charge in [0.05, 0.1) is 8.07 Å². The molecule has 0 amide bonds. The molecule has 3 aliphatic rings. The summed E-state index contributed by atoms with van der Waals surface area (Å²) >= 11 is 0. The second-order valence-electron chi connectivity index (χ2n) is 13.8. The number of nitrogens with zero attached hydrogens (tertiary/aromatic N) is 1. The Kier molecular flexibility index (Phi) is 7.70. The summed E-state index contributed by atoms with van der Waals surface area (Å²) in [5.41, 5.74) is 7.31. The maximum absolute atomic E-state index is 12.1. The van der Waals surface area contributed by atoms with Crippen LogP contribution >= 0.6 is 0 Å². The third kappa shape index (κ3) is 4.53. The Morgan fingerprint density at radius 3 is 2.21 bits per heavy atom. The van der Waals surface area contributed by atoms with E-state index < -0.39 is 8.07 Å². The van der Waals surface area contributed by atoms with Crippen molar-refractivity contribution in [3.63, 3.8) is 0 Å². The largest absolute Gasteiger partial charge is 0.508 e. The van der Waals surface area contributed by atoms with Crippen LogP contribution in [-0.2, 0) is 5.41 Å². The van der Waals surface area contributed by atoms with Gasteiger partial charge in [-0.2, -0.15) is 0 Å². The standard InChI is InChI=1S/C36H51NOSi/c1-9-12-15-20-37-30-19-18-24(4)21-28(30)32-33(37)26-16-13-14-17-27(26)35(32)39(10-2,11-3)31-23-25(5)22-29(34(31)38)36(6,7)8/h13-14,16-19,21-23,26-27,32-33,35,38H,9-12,15,20H2,1-8H3. The number of benzene rings is 2. The van der Waals surface area contributed by atoms with Gasteiger partial charge in [-0.15, -0.1) is 0 Å². The summed E-state index contributed by atoms with van der Waals surface area (Å²) in [5.74, 6) is 2.16. The Bertz CT molecular complexity index is 1260. The Morgan fingerprint density at radius 1 is 0.872 bits per heavy atom. The first kappa shape index (κ1) is 28.3. The fraction of sp³-hybridized carbons (Fsp3) is 0.556. The van der Waals surface area contributed by atoms with Crippen LogP contribution in [0.15, 0.2) is 54.6 Å². The number of allylic oxidation sites excluding steroid dienone is 3. The van der Waals surface area contributed by atoms with Crippen LogP contribution in [0.4, 0.5) is 5.69 Å². The van der Waals surface area contributed by atoms with Gasteiger partial charge in [-0.25, -0.2) is 0 Å². The lowest BCUT2D eigenvalue weighted by atomic mass is 9.85. The predicted molar refractivity (Wildman–Crippen MR) is 171 cm³/mol. The van der Waals surface area contributed by atoms with E-state index in [1.165, 1.54) is 41.3 Å². The highest BCUT2D eigenvalue weighted by Crippen LogP contribution is 2.65. The number of phenols is 1. The maximum Gasteiger partial charge on any atom is 0.118 e. The van der Waals surface area contributed by atoms with Crippen LogP contribution < -0.4 is 10.1 Å². The summed E-state index contributed by atoms with van der Waals surface area (Å²) in [6, 6.07) is 14.7. The molecular formula is C36H51NOSi. The average Bonchev–Trinajstić information content (AvgIpc) is 3.40. The minimum atomic E-state index is -2.18. The van der Waals surface area contributed by atoms with Gasteiger partial charge in [0.15, 0.2) is 0 Å². The molecule has 5 atom stereocenters. The summed E-state index contributed by atoms with van der Waals surface area (Å²) in [5, 5.41) is 13.4. The molecule has 2 aromatic rings. The first-order valence-electron chi connectivity index (χ1n) is 15.7. The number of rotatable bonds is 8. The van der Waals surface area contributed by atoms with E-state index in [2.05, 4.69) is 115 Å². The normalized spacial score (nSPS) is 25.6. The van der Waals surface area contributed by atoms with E-state index in [1.54, 1.807) is 5.56 Å². The Morgan fingerprint density at radius 2 is 1.56 bits per heavy atom. The highest BCUT2D eigenvalue weighted by Gasteiger charge is 2.62. The minimum absolute atomic E-state index is 0.0894. The zero-order chi connectivity index (χ0) is 28.1. The molecule has 0 bridgehead atoms. The molecule has 5 rings (SSSR count). The molecule has 39 heavy (non-hydrogen) atoms. The number of hydrogen-bond donors (Lipinski definition) is 1. The number of fused-ring (bicyclic) bond motifs is 5. The molecule has 2 nitrogen and oxygen atoms in total. The van der Waals surface area contributed by atoms with Gasteiger partial charge < -0.3 is 10.0 Å². The third-order valence-electron chi connectivity index (χ3n) is 10.5. The SMILES string of the molecule is CCCCCN1c2ccc(C)cc2C2C1C1C=CC=CC1C2[Si](CC)(CC)c1cc(C)cc(C(C)(C)C)c1O. The van der Waals surface area contributed by atoms with Crippen molar-refractivity contribution in [2.75, 3.05) is 11.4 Å². The third-order valence-corrected chi connectivity index (χ3v) is 16.5. The smallest absolute Gasteiger partial charge is 0.118 e. The van der Waals surface area contributed by atoms with Crippen molar-refractivity contribution in [1.29, 1.82) is 0 Å². The van der Waals surface area contributed by atoms with E-state index in [0.717, 1.165) is 24.2 Å². The monoisotopic (exact) mass is 541 g/mol. The summed E-state index contributed by atoms with van der Waals surface area (Å²) in [6.45, 7) is 19.5. The maximum atomic E-state index is 12.1. The van der Waals surface area contributed by atoms with E-state index in [0.29, 0.717) is 35.1 Å². The van der Waals surface area contributed by atoms with Gasteiger partial charge in [-0.1, -0.05) is 126 Å². The van der Waals surface area contributed by atoms with Crippen LogP contribution in [0, 0.1) is 25.7 Å². The van der Waals surface area contributed by atoms with Gasteiger partial charge in [0.1, 0.15) is 5.75 Å². The Hall–Kier alpha value is -2.26. The van der Waals surface area contributed by atoms with E-state index >= 15 is 0 Å². The van der Waals surface area contributed by atoms with E-state index in [1.807, 2.05) is 0 Å². The van der Waals surface area contributed by atoms with Crippen LogP contribution in [0.2, 0.25) is 17.6 Å². The van der Waals surface area contributed by atoms with E-state index in [9.17, 15) is 5.11 Å². The fourth-order valence-electron chi connectivity index (χ4n) is 8.70. The Labute approximate surface area is 239 Å². The molecular weight excluding hydrogens is 490 g/mol. The molecule has 1 aliphatic heterocycles. The summed E-state index contributed by atoms with van der Waals surface area (Å²) in [7, 11) is -2.18.